The first kappa shape index (κ1) is 29.1. The number of benzene rings is 2. The average Bonchev–Trinajstić information content (AvgIpc) is 3.28. The number of hydrogen-bond donors (Lipinski definition) is 0. The Kier molecular flexibility index (Phi) is 8.17. The number of hydrogen-bond acceptors (Lipinski definition) is 4. The Morgan fingerprint density at radius 1 is 0.615 bits per heavy atom. The number of carbonyl (C=O) groups is 2. The molecule has 1 saturated carbocycles. The largest absolute Gasteiger partial charge is 0.426 e. The topological polar surface area (TPSA) is 52.6 Å². The van der Waals surface area contributed by atoms with Gasteiger partial charge in [-0.15, -0.1) is 0 Å². The number of esters is 2. The molecule has 0 heterocycles. The monoisotopic (exact) mass is 530 g/mol. The Hall–Kier alpha value is -2.88. The van der Waals surface area contributed by atoms with Crippen molar-refractivity contribution < 1.29 is 19.1 Å². The van der Waals surface area contributed by atoms with Crippen LogP contribution in [0.5, 0.6) is 11.5 Å². The van der Waals surface area contributed by atoms with Gasteiger partial charge in [0, 0.05) is 0 Å². The van der Waals surface area contributed by atoms with Crippen LogP contribution in [0.4, 0.5) is 0 Å². The van der Waals surface area contributed by atoms with Crippen molar-refractivity contribution >= 4 is 11.9 Å². The summed E-state index contributed by atoms with van der Waals surface area (Å²) in [6.07, 6.45) is 4.20. The van der Waals surface area contributed by atoms with Gasteiger partial charge in [-0.1, -0.05) is 106 Å². The zero-order chi connectivity index (χ0) is 28.8. The van der Waals surface area contributed by atoms with Crippen LogP contribution in [0.15, 0.2) is 48.6 Å². The molecule has 4 rings (SSSR count). The Balaban J connectivity index is 1.65. The van der Waals surface area contributed by atoms with Crippen molar-refractivity contribution in [3.8, 4) is 11.5 Å². The van der Waals surface area contributed by atoms with Gasteiger partial charge in [0.2, 0.25) is 0 Å². The van der Waals surface area contributed by atoms with E-state index < -0.39 is 11.8 Å². The van der Waals surface area contributed by atoms with Crippen molar-refractivity contribution in [2.45, 2.75) is 92.9 Å². The van der Waals surface area contributed by atoms with E-state index in [0.717, 1.165) is 11.1 Å². The third-order valence-corrected chi connectivity index (χ3v) is 9.02. The molecule has 0 spiro atoms. The highest BCUT2D eigenvalue weighted by Gasteiger charge is 2.62. The van der Waals surface area contributed by atoms with Crippen molar-refractivity contribution in [2.24, 2.45) is 29.1 Å². The maximum absolute atomic E-state index is 13.9. The van der Waals surface area contributed by atoms with E-state index in [1.807, 2.05) is 24.3 Å². The van der Waals surface area contributed by atoms with Crippen LogP contribution in [-0.4, -0.2) is 11.9 Å². The molecule has 210 valence electrons. The van der Waals surface area contributed by atoms with Crippen molar-refractivity contribution in [1.29, 1.82) is 0 Å². The van der Waals surface area contributed by atoms with Gasteiger partial charge in [0.05, 0.1) is 11.8 Å². The average molecular weight is 531 g/mol. The van der Waals surface area contributed by atoms with Crippen molar-refractivity contribution in [3.05, 3.63) is 70.8 Å². The van der Waals surface area contributed by atoms with Crippen molar-refractivity contribution in [2.75, 3.05) is 0 Å². The molecule has 0 radical (unpaired) electrons. The van der Waals surface area contributed by atoms with E-state index in [1.54, 1.807) is 0 Å². The number of allylic oxidation sites excluding steroid dienone is 2. The lowest BCUT2D eigenvalue weighted by Gasteiger charge is -2.26. The first-order valence-corrected chi connectivity index (χ1v) is 14.6. The molecule has 2 bridgehead atoms. The quantitative estimate of drug-likeness (QED) is 0.194. The number of ether oxygens (including phenoxy) is 2. The lowest BCUT2D eigenvalue weighted by atomic mass is 9.79. The molecule has 2 aromatic carbocycles. The zero-order valence-corrected chi connectivity index (χ0v) is 25.4. The van der Waals surface area contributed by atoms with Crippen LogP contribution >= 0.6 is 0 Å². The first-order valence-electron chi connectivity index (χ1n) is 14.6. The van der Waals surface area contributed by atoms with Gasteiger partial charge >= 0.3 is 11.9 Å². The highest BCUT2D eigenvalue weighted by Crippen LogP contribution is 2.60. The van der Waals surface area contributed by atoms with Crippen LogP contribution in [0.25, 0.3) is 0 Å². The van der Waals surface area contributed by atoms with Gasteiger partial charge in [-0.25, -0.2) is 0 Å². The van der Waals surface area contributed by atoms with Gasteiger partial charge < -0.3 is 9.47 Å². The van der Waals surface area contributed by atoms with E-state index in [-0.39, 0.29) is 41.0 Å². The second kappa shape index (κ2) is 10.9. The molecule has 0 amide bonds. The normalized spacial score (nSPS) is 23.3. The summed E-state index contributed by atoms with van der Waals surface area (Å²) in [7, 11) is 0. The van der Waals surface area contributed by atoms with E-state index in [1.165, 1.54) is 11.1 Å². The third-order valence-electron chi connectivity index (χ3n) is 9.02. The molecule has 2 aliphatic carbocycles. The van der Waals surface area contributed by atoms with Crippen molar-refractivity contribution in [1.82, 2.24) is 0 Å². The predicted octanol–water partition coefficient (Wildman–Crippen LogP) is 8.77. The molecule has 4 atom stereocenters. The lowest BCUT2D eigenvalue weighted by molar-refractivity contribution is -0.151. The van der Waals surface area contributed by atoms with Gasteiger partial charge in [-0.2, -0.15) is 0 Å². The van der Waals surface area contributed by atoms with Gasteiger partial charge in [0.1, 0.15) is 11.5 Å². The van der Waals surface area contributed by atoms with Gasteiger partial charge in [0.25, 0.3) is 0 Å². The van der Waals surface area contributed by atoms with E-state index in [4.69, 9.17) is 9.47 Å². The molecule has 1 fully saturated rings. The minimum absolute atomic E-state index is 0.0853. The number of fused-ring (bicyclic) bond motifs is 2. The van der Waals surface area contributed by atoms with Gasteiger partial charge in [-0.3, -0.25) is 9.59 Å². The minimum Gasteiger partial charge on any atom is -0.426 e. The number of carbonyl (C=O) groups excluding carboxylic acids is 2. The van der Waals surface area contributed by atoms with Crippen LogP contribution in [0.2, 0.25) is 0 Å². The fourth-order valence-electron chi connectivity index (χ4n) is 6.45. The molecular formula is C35H46O4. The fourth-order valence-corrected chi connectivity index (χ4v) is 6.45. The third kappa shape index (κ3) is 5.44. The second-order valence-corrected chi connectivity index (χ2v) is 13.4. The summed E-state index contributed by atoms with van der Waals surface area (Å²) < 4.78 is 12.3. The molecular weight excluding hydrogens is 484 g/mol. The van der Waals surface area contributed by atoms with E-state index in [9.17, 15) is 9.59 Å². The van der Waals surface area contributed by atoms with Gasteiger partial charge in [-0.05, 0) is 75.3 Å². The molecule has 0 saturated heterocycles. The Labute approximate surface area is 235 Å². The van der Waals surface area contributed by atoms with Crippen LogP contribution in [0.3, 0.4) is 0 Å². The highest BCUT2D eigenvalue weighted by atomic mass is 16.5. The Bertz CT molecular complexity index is 1170. The zero-order valence-electron chi connectivity index (χ0n) is 25.4. The Morgan fingerprint density at radius 2 is 0.974 bits per heavy atom. The lowest BCUT2D eigenvalue weighted by Crippen LogP contribution is -2.37. The second-order valence-electron chi connectivity index (χ2n) is 13.4. The van der Waals surface area contributed by atoms with Crippen LogP contribution in [0.1, 0.15) is 115 Å². The van der Waals surface area contributed by atoms with Crippen molar-refractivity contribution in [3.63, 3.8) is 0 Å². The van der Waals surface area contributed by atoms with E-state index >= 15 is 0 Å². The van der Waals surface area contributed by atoms with E-state index in [0.29, 0.717) is 23.3 Å². The first-order chi connectivity index (χ1) is 18.2. The Morgan fingerprint density at radius 3 is 1.28 bits per heavy atom. The van der Waals surface area contributed by atoms with Crippen LogP contribution in [-0.2, 0) is 9.59 Å². The molecule has 0 N–H and O–H groups in total. The molecule has 0 aromatic heterocycles. The summed E-state index contributed by atoms with van der Waals surface area (Å²) >= 11 is 0. The SMILES string of the molecule is CC(C)c1ccc(OC(=O)C2C(C(=O)Oc3ccc(C(C)C)cc3C(C)C)C3C=CC2C3(C)C)c(C(C)C)c1. The highest BCUT2D eigenvalue weighted by molar-refractivity contribution is 5.87. The molecule has 2 aromatic rings. The maximum atomic E-state index is 13.9. The molecule has 4 nitrogen and oxygen atoms in total. The maximum Gasteiger partial charge on any atom is 0.315 e. The van der Waals surface area contributed by atoms with E-state index in [2.05, 4.69) is 93.5 Å². The molecule has 39 heavy (non-hydrogen) atoms. The molecule has 4 heteroatoms. The van der Waals surface area contributed by atoms with Crippen LogP contribution in [0, 0.1) is 29.1 Å². The predicted molar refractivity (Wildman–Crippen MR) is 157 cm³/mol. The standard InChI is InChI=1S/C35H46O4/c1-19(2)23-11-15-29(25(17-23)21(5)6)38-33(36)31-27-13-14-28(35(27,9)10)32(31)34(37)39-30-16-12-24(20(3)4)18-26(30)22(7)8/h11-22,27-28,31-32H,1-10H3. The smallest absolute Gasteiger partial charge is 0.315 e. The summed E-state index contributed by atoms with van der Waals surface area (Å²) in [6, 6.07) is 12.2. The van der Waals surface area contributed by atoms with Gasteiger partial charge in [0.15, 0.2) is 0 Å². The van der Waals surface area contributed by atoms with Crippen LogP contribution < -0.4 is 9.47 Å². The molecule has 0 aliphatic heterocycles. The summed E-state index contributed by atoms with van der Waals surface area (Å²) in [5, 5.41) is 0. The molecule has 2 aliphatic rings. The summed E-state index contributed by atoms with van der Waals surface area (Å²) in [6.45, 7) is 21.4. The molecule has 4 unspecified atom stereocenters. The fraction of sp³-hybridized carbons (Fsp3) is 0.543. The number of rotatable bonds is 8. The minimum atomic E-state index is -0.593. The summed E-state index contributed by atoms with van der Waals surface area (Å²) in [4.78, 5) is 27.8. The summed E-state index contributed by atoms with van der Waals surface area (Å²) in [5.74, 6) is 0.288. The summed E-state index contributed by atoms with van der Waals surface area (Å²) in [5.41, 5.74) is 4.22.